The van der Waals surface area contributed by atoms with Crippen LogP contribution in [0.1, 0.15) is 49.4 Å². The van der Waals surface area contributed by atoms with E-state index in [1.807, 2.05) is 47.1 Å². The van der Waals surface area contributed by atoms with Crippen LogP contribution >= 0.6 is 0 Å². The summed E-state index contributed by atoms with van der Waals surface area (Å²) in [4.78, 5) is 29.4. The normalized spacial score (nSPS) is 16.6. The van der Waals surface area contributed by atoms with Gasteiger partial charge in [-0.15, -0.1) is 0 Å². The maximum Gasteiger partial charge on any atom is 0.260 e. The average Bonchev–Trinajstić information content (AvgIpc) is 2.92. The number of hydrogen-bond acceptors (Lipinski definition) is 5. The molecule has 35 heavy (non-hydrogen) atoms. The molecule has 2 fully saturated rings. The molecule has 2 aliphatic heterocycles. The number of ether oxygens (including phenoxy) is 3. The molecule has 7 heteroatoms. The number of carbonyl (C=O) groups is 2. The van der Waals surface area contributed by atoms with Crippen molar-refractivity contribution in [2.75, 3.05) is 46.0 Å². The maximum atomic E-state index is 13.2. The van der Waals surface area contributed by atoms with Gasteiger partial charge in [0.25, 0.3) is 11.8 Å². The minimum absolute atomic E-state index is 0.00795. The summed E-state index contributed by atoms with van der Waals surface area (Å²) in [6.45, 7) is 5.98. The Labute approximate surface area is 207 Å². The molecule has 0 N–H and O–H groups in total. The van der Waals surface area contributed by atoms with Gasteiger partial charge < -0.3 is 24.0 Å². The summed E-state index contributed by atoms with van der Waals surface area (Å²) in [5.41, 5.74) is 0.571. The third-order valence-electron chi connectivity index (χ3n) is 6.68. The lowest BCUT2D eigenvalue weighted by Gasteiger charge is -2.32. The summed E-state index contributed by atoms with van der Waals surface area (Å²) < 4.78 is 17.5. The number of nitrogens with zero attached hydrogens (tertiary/aromatic N) is 2. The first-order valence-electron chi connectivity index (χ1n) is 12.8. The lowest BCUT2D eigenvalue weighted by molar-refractivity contribution is -0.134. The van der Waals surface area contributed by atoms with Gasteiger partial charge in [-0.3, -0.25) is 9.59 Å². The number of amides is 2. The zero-order chi connectivity index (χ0) is 24.5. The van der Waals surface area contributed by atoms with E-state index in [2.05, 4.69) is 0 Å². The molecule has 188 valence electrons. The van der Waals surface area contributed by atoms with E-state index in [0.29, 0.717) is 49.3 Å². The minimum Gasteiger partial charge on any atom is -0.493 e. The van der Waals surface area contributed by atoms with Gasteiger partial charge in [0.05, 0.1) is 13.2 Å². The summed E-state index contributed by atoms with van der Waals surface area (Å²) in [6.07, 6.45) is 5.09. The predicted octanol–water partition coefficient (Wildman–Crippen LogP) is 4.41. The second kappa shape index (κ2) is 12.5. The highest BCUT2D eigenvalue weighted by molar-refractivity contribution is 5.95. The molecule has 0 aliphatic carbocycles. The first-order chi connectivity index (χ1) is 17.1. The molecule has 2 aromatic carbocycles. The van der Waals surface area contributed by atoms with Gasteiger partial charge in [0.1, 0.15) is 5.75 Å². The van der Waals surface area contributed by atoms with Crippen molar-refractivity contribution in [3.05, 3.63) is 54.1 Å². The van der Waals surface area contributed by atoms with Crippen molar-refractivity contribution < 1.29 is 23.8 Å². The lowest BCUT2D eigenvalue weighted by atomic mass is 9.97. The number of likely N-dealkylation sites (tertiary alicyclic amines) is 2. The van der Waals surface area contributed by atoms with Gasteiger partial charge in [-0.05, 0) is 75.3 Å². The molecule has 2 aromatic rings. The van der Waals surface area contributed by atoms with Crippen LogP contribution in [0.25, 0.3) is 0 Å². The van der Waals surface area contributed by atoms with E-state index in [1.54, 1.807) is 18.2 Å². The van der Waals surface area contributed by atoms with Crippen LogP contribution in [0.5, 0.6) is 17.2 Å². The quantitative estimate of drug-likeness (QED) is 0.532. The SMILES string of the molecule is CCOc1cc(C(=O)N2CCC(COc3ccccc3)CC2)ccc1OCC(=O)N1CCCCC1. The molecule has 7 nitrogen and oxygen atoms in total. The van der Waals surface area contributed by atoms with Crippen LogP contribution in [-0.2, 0) is 4.79 Å². The Kier molecular flexibility index (Phi) is 8.87. The van der Waals surface area contributed by atoms with E-state index < -0.39 is 0 Å². The summed E-state index contributed by atoms with van der Waals surface area (Å²) in [7, 11) is 0. The third-order valence-corrected chi connectivity index (χ3v) is 6.68. The number of para-hydroxylation sites is 1. The second-order valence-corrected chi connectivity index (χ2v) is 9.18. The Morgan fingerprint density at radius 1 is 0.829 bits per heavy atom. The molecule has 2 saturated heterocycles. The zero-order valence-corrected chi connectivity index (χ0v) is 20.6. The number of rotatable bonds is 9. The fourth-order valence-corrected chi connectivity index (χ4v) is 4.62. The number of carbonyl (C=O) groups excluding carboxylic acids is 2. The smallest absolute Gasteiger partial charge is 0.260 e. The average molecular weight is 481 g/mol. The summed E-state index contributed by atoms with van der Waals surface area (Å²) in [5, 5.41) is 0. The zero-order valence-electron chi connectivity index (χ0n) is 20.6. The van der Waals surface area contributed by atoms with E-state index in [-0.39, 0.29) is 18.4 Å². The van der Waals surface area contributed by atoms with Crippen molar-refractivity contribution in [1.29, 1.82) is 0 Å². The molecule has 2 amide bonds. The van der Waals surface area contributed by atoms with Crippen LogP contribution in [0.15, 0.2) is 48.5 Å². The number of hydrogen-bond donors (Lipinski definition) is 0. The number of piperidine rings is 2. The Balaban J connectivity index is 1.30. The third kappa shape index (κ3) is 6.90. The van der Waals surface area contributed by atoms with Crippen molar-refractivity contribution in [2.24, 2.45) is 5.92 Å². The molecule has 0 saturated carbocycles. The molecule has 0 radical (unpaired) electrons. The molecular weight excluding hydrogens is 444 g/mol. The maximum absolute atomic E-state index is 13.2. The van der Waals surface area contributed by atoms with Crippen LogP contribution in [0.4, 0.5) is 0 Å². The highest BCUT2D eigenvalue weighted by Gasteiger charge is 2.25. The van der Waals surface area contributed by atoms with Crippen LogP contribution in [0.2, 0.25) is 0 Å². The molecular formula is C28H36N2O5. The fraction of sp³-hybridized carbons (Fsp3) is 0.500. The number of benzene rings is 2. The summed E-state index contributed by atoms with van der Waals surface area (Å²) in [6, 6.07) is 15.1. The van der Waals surface area contributed by atoms with Crippen LogP contribution in [-0.4, -0.2) is 67.6 Å². The molecule has 4 rings (SSSR count). The molecule has 0 bridgehead atoms. The predicted molar refractivity (Wildman–Crippen MR) is 134 cm³/mol. The van der Waals surface area contributed by atoms with Crippen molar-refractivity contribution in [3.63, 3.8) is 0 Å². The van der Waals surface area contributed by atoms with E-state index >= 15 is 0 Å². The molecule has 0 spiro atoms. The highest BCUT2D eigenvalue weighted by atomic mass is 16.5. The van der Waals surface area contributed by atoms with Gasteiger partial charge in [0.2, 0.25) is 0 Å². The molecule has 2 heterocycles. The minimum atomic E-state index is -0.0219. The van der Waals surface area contributed by atoms with Crippen molar-refractivity contribution in [2.45, 2.75) is 39.0 Å². The topological polar surface area (TPSA) is 68.3 Å². The Morgan fingerprint density at radius 2 is 1.57 bits per heavy atom. The van der Waals surface area contributed by atoms with Gasteiger partial charge in [-0.2, -0.15) is 0 Å². The molecule has 0 unspecified atom stereocenters. The first kappa shape index (κ1) is 24.9. The van der Waals surface area contributed by atoms with Crippen LogP contribution in [0, 0.1) is 5.92 Å². The second-order valence-electron chi connectivity index (χ2n) is 9.18. The van der Waals surface area contributed by atoms with E-state index in [9.17, 15) is 9.59 Å². The largest absolute Gasteiger partial charge is 0.493 e. The standard InChI is InChI=1S/C28H36N2O5/c1-2-33-26-19-23(11-12-25(26)35-21-27(31)29-15-7-4-8-16-29)28(32)30-17-13-22(14-18-30)20-34-24-9-5-3-6-10-24/h3,5-6,9-12,19,22H,2,4,7-8,13-18,20-21H2,1H3. The molecule has 2 aliphatic rings. The van der Waals surface area contributed by atoms with Crippen LogP contribution < -0.4 is 14.2 Å². The van der Waals surface area contributed by atoms with Gasteiger partial charge in [-0.25, -0.2) is 0 Å². The highest BCUT2D eigenvalue weighted by Crippen LogP contribution is 2.30. The van der Waals surface area contributed by atoms with E-state index in [4.69, 9.17) is 14.2 Å². The summed E-state index contributed by atoms with van der Waals surface area (Å²) >= 11 is 0. The van der Waals surface area contributed by atoms with Gasteiger partial charge in [0.15, 0.2) is 18.1 Å². The van der Waals surface area contributed by atoms with E-state index in [1.165, 1.54) is 6.42 Å². The van der Waals surface area contributed by atoms with E-state index in [0.717, 1.165) is 44.5 Å². The monoisotopic (exact) mass is 480 g/mol. The molecule has 0 aromatic heterocycles. The first-order valence-corrected chi connectivity index (χ1v) is 12.8. The summed E-state index contributed by atoms with van der Waals surface area (Å²) in [5.74, 6) is 2.29. The lowest BCUT2D eigenvalue weighted by Crippen LogP contribution is -2.39. The Morgan fingerprint density at radius 3 is 2.29 bits per heavy atom. The van der Waals surface area contributed by atoms with Gasteiger partial charge in [-0.1, -0.05) is 18.2 Å². The van der Waals surface area contributed by atoms with Gasteiger partial charge in [0, 0.05) is 31.7 Å². The Bertz CT molecular complexity index is 967. The fourth-order valence-electron chi connectivity index (χ4n) is 4.62. The molecule has 0 atom stereocenters. The van der Waals surface area contributed by atoms with Crippen molar-refractivity contribution in [3.8, 4) is 17.2 Å². The Hall–Kier alpha value is -3.22. The van der Waals surface area contributed by atoms with Crippen molar-refractivity contribution >= 4 is 11.8 Å². The van der Waals surface area contributed by atoms with Crippen LogP contribution in [0.3, 0.4) is 0 Å². The van der Waals surface area contributed by atoms with Gasteiger partial charge >= 0.3 is 0 Å². The van der Waals surface area contributed by atoms with Crippen molar-refractivity contribution in [1.82, 2.24) is 9.80 Å².